The second-order valence-corrected chi connectivity index (χ2v) is 10.1. The van der Waals surface area contributed by atoms with E-state index >= 15 is 0 Å². The van der Waals surface area contributed by atoms with Crippen molar-refractivity contribution in [2.75, 3.05) is 6.61 Å². The molecule has 0 unspecified atom stereocenters. The number of benzene rings is 3. The number of thiazole rings is 1. The van der Waals surface area contributed by atoms with Crippen LogP contribution in [0, 0.1) is 5.82 Å². The number of nitrogens with zero attached hydrogens (tertiary/aromatic N) is 2. The number of halogens is 4. The van der Waals surface area contributed by atoms with Gasteiger partial charge in [0.25, 0.3) is 0 Å². The van der Waals surface area contributed by atoms with Crippen molar-refractivity contribution in [1.29, 1.82) is 0 Å². The van der Waals surface area contributed by atoms with Gasteiger partial charge in [-0.2, -0.15) is 13.2 Å². The molecule has 5 rings (SSSR count). The molecule has 0 amide bonds. The second kappa shape index (κ2) is 12.5. The molecule has 0 fully saturated rings. The van der Waals surface area contributed by atoms with Gasteiger partial charge in [0, 0.05) is 18.2 Å². The average Bonchev–Trinajstić information content (AvgIpc) is 3.58. The standard InChI is InChI=1S/C29H23F4N3O4S/c30-23-15-21(12-13-22(23)26-35-28(37)40-36-26)39-17-25-24(7-4-14-38-16-18-5-2-1-3-6-18)34-27(41-25)19-8-10-20(11-9-19)29(31,32)33/h1-3,5-6,8-13,15H,4,7,14,16-17H2,(H,35,36,37). The molecule has 0 aliphatic heterocycles. The van der Waals surface area contributed by atoms with E-state index in [4.69, 9.17) is 9.47 Å². The predicted molar refractivity (Wildman–Crippen MR) is 144 cm³/mol. The van der Waals surface area contributed by atoms with Crippen LogP contribution in [0.2, 0.25) is 0 Å². The van der Waals surface area contributed by atoms with Crippen molar-refractivity contribution in [3.05, 3.63) is 111 Å². The fraction of sp³-hybridized carbons (Fsp3) is 0.207. The second-order valence-electron chi connectivity index (χ2n) is 8.98. The first-order valence-corrected chi connectivity index (χ1v) is 13.3. The largest absolute Gasteiger partial charge is 0.488 e. The molecule has 0 spiro atoms. The highest BCUT2D eigenvalue weighted by Gasteiger charge is 2.30. The third kappa shape index (κ3) is 7.27. The van der Waals surface area contributed by atoms with E-state index in [1.54, 1.807) is 0 Å². The first-order chi connectivity index (χ1) is 19.8. The molecule has 0 radical (unpaired) electrons. The van der Waals surface area contributed by atoms with Crippen LogP contribution in [0.3, 0.4) is 0 Å². The van der Waals surface area contributed by atoms with Gasteiger partial charge in [0.2, 0.25) is 0 Å². The lowest BCUT2D eigenvalue weighted by Gasteiger charge is -2.08. The molecule has 7 nitrogen and oxygen atoms in total. The lowest BCUT2D eigenvalue weighted by molar-refractivity contribution is -0.137. The number of hydrogen-bond donors (Lipinski definition) is 1. The molecule has 12 heteroatoms. The van der Waals surface area contributed by atoms with Gasteiger partial charge in [0.05, 0.1) is 28.3 Å². The van der Waals surface area contributed by atoms with E-state index in [0.717, 1.165) is 34.3 Å². The molecular weight excluding hydrogens is 562 g/mol. The van der Waals surface area contributed by atoms with Gasteiger partial charge in [-0.1, -0.05) is 47.6 Å². The maximum absolute atomic E-state index is 14.7. The zero-order valence-corrected chi connectivity index (χ0v) is 22.2. The molecule has 0 bridgehead atoms. The summed E-state index contributed by atoms with van der Waals surface area (Å²) in [6.45, 7) is 1.03. The van der Waals surface area contributed by atoms with Crippen LogP contribution in [-0.4, -0.2) is 21.7 Å². The Hall–Kier alpha value is -4.29. The van der Waals surface area contributed by atoms with Gasteiger partial charge >= 0.3 is 11.9 Å². The van der Waals surface area contributed by atoms with Crippen molar-refractivity contribution in [1.82, 2.24) is 15.1 Å². The molecule has 0 aliphatic rings. The van der Waals surface area contributed by atoms with Crippen molar-refractivity contribution >= 4 is 11.3 Å². The van der Waals surface area contributed by atoms with E-state index in [9.17, 15) is 22.4 Å². The molecule has 41 heavy (non-hydrogen) atoms. The summed E-state index contributed by atoms with van der Waals surface area (Å²) in [5, 5.41) is 4.04. The summed E-state index contributed by atoms with van der Waals surface area (Å²) in [7, 11) is 0. The van der Waals surface area contributed by atoms with Crippen LogP contribution in [-0.2, 0) is 30.5 Å². The number of nitrogens with one attached hydrogen (secondary N) is 1. The molecule has 2 aromatic heterocycles. The number of aryl methyl sites for hydroxylation is 1. The number of H-pyrrole nitrogens is 1. The van der Waals surface area contributed by atoms with E-state index in [2.05, 4.69) is 19.6 Å². The van der Waals surface area contributed by atoms with Crippen LogP contribution >= 0.6 is 11.3 Å². The minimum Gasteiger partial charge on any atom is -0.488 e. The summed E-state index contributed by atoms with van der Waals surface area (Å²) < 4.78 is 69.8. The fourth-order valence-corrected chi connectivity index (χ4v) is 5.02. The van der Waals surface area contributed by atoms with Gasteiger partial charge in [0.15, 0.2) is 5.82 Å². The first kappa shape index (κ1) is 28.2. The fourth-order valence-electron chi connectivity index (χ4n) is 4.00. The minimum absolute atomic E-state index is 0.0422. The van der Waals surface area contributed by atoms with E-state index < -0.39 is 23.3 Å². The smallest absolute Gasteiger partial charge is 0.439 e. The van der Waals surface area contributed by atoms with Crippen molar-refractivity contribution in [2.45, 2.75) is 32.2 Å². The third-order valence-corrected chi connectivity index (χ3v) is 7.18. The van der Waals surface area contributed by atoms with Crippen molar-refractivity contribution in [3.8, 4) is 27.7 Å². The topological polar surface area (TPSA) is 90.2 Å². The number of ether oxygens (including phenoxy) is 2. The monoisotopic (exact) mass is 585 g/mol. The minimum atomic E-state index is -4.43. The van der Waals surface area contributed by atoms with Gasteiger partial charge in [-0.05, 0) is 42.7 Å². The Balaban J connectivity index is 1.29. The van der Waals surface area contributed by atoms with Crippen molar-refractivity contribution < 1.29 is 31.6 Å². The summed E-state index contributed by atoms with van der Waals surface area (Å²) in [5.74, 6) is -1.28. The van der Waals surface area contributed by atoms with Gasteiger partial charge in [-0.15, -0.1) is 11.3 Å². The lowest BCUT2D eigenvalue weighted by Crippen LogP contribution is -2.04. The number of aromatic nitrogens is 3. The van der Waals surface area contributed by atoms with E-state index in [1.807, 2.05) is 30.3 Å². The van der Waals surface area contributed by atoms with Gasteiger partial charge in [-0.25, -0.2) is 14.2 Å². The molecule has 3 aromatic carbocycles. The van der Waals surface area contributed by atoms with Crippen LogP contribution in [0.4, 0.5) is 17.6 Å². The molecular formula is C29H23F4N3O4S. The molecule has 0 aliphatic carbocycles. The summed E-state index contributed by atoms with van der Waals surface area (Å²) in [5.41, 5.74) is 1.64. The van der Waals surface area contributed by atoms with Gasteiger partial charge in [0.1, 0.15) is 23.2 Å². The maximum Gasteiger partial charge on any atom is 0.439 e. The Kier molecular flexibility index (Phi) is 8.60. The van der Waals surface area contributed by atoms with Gasteiger partial charge < -0.3 is 9.47 Å². The molecule has 2 heterocycles. The van der Waals surface area contributed by atoms with Crippen LogP contribution in [0.5, 0.6) is 5.75 Å². The predicted octanol–water partition coefficient (Wildman–Crippen LogP) is 7.04. The molecule has 0 atom stereocenters. The van der Waals surface area contributed by atoms with Crippen LogP contribution in [0.25, 0.3) is 22.0 Å². The Labute approximate surface area is 235 Å². The highest BCUT2D eigenvalue weighted by molar-refractivity contribution is 7.15. The van der Waals surface area contributed by atoms with E-state index in [0.29, 0.717) is 36.6 Å². The Morgan fingerprint density at radius 1 is 0.976 bits per heavy atom. The number of hydrogen-bond acceptors (Lipinski definition) is 7. The normalized spacial score (nSPS) is 11.6. The highest BCUT2D eigenvalue weighted by atomic mass is 32.1. The van der Waals surface area contributed by atoms with E-state index in [1.165, 1.54) is 35.6 Å². The van der Waals surface area contributed by atoms with Crippen molar-refractivity contribution in [2.24, 2.45) is 0 Å². The maximum atomic E-state index is 14.7. The number of rotatable bonds is 11. The average molecular weight is 586 g/mol. The molecule has 0 saturated carbocycles. The molecule has 5 aromatic rings. The van der Waals surface area contributed by atoms with Gasteiger partial charge in [-0.3, -0.25) is 9.51 Å². The summed E-state index contributed by atoms with van der Waals surface area (Å²) >= 11 is 1.30. The van der Waals surface area contributed by atoms with Crippen molar-refractivity contribution in [3.63, 3.8) is 0 Å². The zero-order chi connectivity index (χ0) is 28.8. The Morgan fingerprint density at radius 2 is 1.76 bits per heavy atom. The zero-order valence-electron chi connectivity index (χ0n) is 21.4. The molecule has 212 valence electrons. The highest BCUT2D eigenvalue weighted by Crippen LogP contribution is 2.34. The van der Waals surface area contributed by atoms with Crippen LogP contribution in [0.15, 0.2) is 82.1 Å². The lowest BCUT2D eigenvalue weighted by atomic mass is 10.1. The first-order valence-electron chi connectivity index (χ1n) is 12.5. The van der Waals surface area contributed by atoms with E-state index in [-0.39, 0.29) is 23.7 Å². The molecule has 1 N–H and O–H groups in total. The summed E-state index contributed by atoms with van der Waals surface area (Å²) in [6, 6.07) is 18.7. The molecule has 0 saturated heterocycles. The quantitative estimate of drug-likeness (QED) is 0.132. The summed E-state index contributed by atoms with van der Waals surface area (Å²) in [6.07, 6.45) is -3.22. The number of aromatic amines is 1. The van der Waals surface area contributed by atoms with Crippen LogP contribution in [0.1, 0.15) is 28.1 Å². The van der Waals surface area contributed by atoms with Crippen LogP contribution < -0.4 is 10.5 Å². The summed E-state index contributed by atoms with van der Waals surface area (Å²) in [4.78, 5) is 18.9. The Morgan fingerprint density at radius 3 is 2.44 bits per heavy atom. The third-order valence-electron chi connectivity index (χ3n) is 6.06. The number of alkyl halides is 3. The SMILES string of the molecule is O=c1[nH]c(-c2ccc(OCc3sc(-c4ccc(C(F)(F)F)cc4)nc3CCCOCc3ccccc3)cc2F)no1. The Bertz CT molecular complexity index is 1650.